The van der Waals surface area contributed by atoms with E-state index in [0.717, 1.165) is 27.7 Å². The molecule has 1 amide bonds. The minimum absolute atomic E-state index is 0.302. The molecular weight excluding hydrogens is 314 g/mol. The van der Waals surface area contributed by atoms with Gasteiger partial charge in [0.15, 0.2) is 0 Å². The van der Waals surface area contributed by atoms with Gasteiger partial charge in [0.25, 0.3) is 5.91 Å². The van der Waals surface area contributed by atoms with Gasteiger partial charge in [0.05, 0.1) is 18.9 Å². The van der Waals surface area contributed by atoms with Crippen molar-refractivity contribution in [2.24, 2.45) is 12.1 Å². The Kier molecular flexibility index (Phi) is 4.57. The van der Waals surface area contributed by atoms with E-state index in [2.05, 4.69) is 15.1 Å². The molecule has 0 fully saturated rings. The Morgan fingerprint density at radius 2 is 1.84 bits per heavy atom. The Labute approximate surface area is 146 Å². The van der Waals surface area contributed by atoms with Crippen molar-refractivity contribution in [3.05, 3.63) is 65.0 Å². The maximum absolute atomic E-state index is 12.5. The van der Waals surface area contributed by atoms with E-state index in [-0.39, 0.29) is 5.91 Å². The van der Waals surface area contributed by atoms with Crippen LogP contribution in [0.15, 0.2) is 47.6 Å². The van der Waals surface area contributed by atoms with Crippen molar-refractivity contribution in [2.75, 3.05) is 7.11 Å². The molecule has 0 spiro atoms. The highest BCUT2D eigenvalue weighted by atomic mass is 16.5. The second-order valence-electron chi connectivity index (χ2n) is 5.98. The van der Waals surface area contributed by atoms with Crippen LogP contribution < -0.4 is 10.2 Å². The van der Waals surface area contributed by atoms with Crippen LogP contribution in [0.1, 0.15) is 27.3 Å². The molecule has 1 N–H and O–H groups in total. The highest BCUT2D eigenvalue weighted by Crippen LogP contribution is 2.25. The SMILES string of the molecule is COc1cc2ccccc2cc1C(=O)N/N=C\c1cc(C)n(C)c1C. The summed E-state index contributed by atoms with van der Waals surface area (Å²) in [7, 11) is 3.56. The summed E-state index contributed by atoms with van der Waals surface area (Å²) in [5.74, 6) is 0.224. The highest BCUT2D eigenvalue weighted by Gasteiger charge is 2.13. The van der Waals surface area contributed by atoms with E-state index < -0.39 is 0 Å². The molecule has 5 heteroatoms. The van der Waals surface area contributed by atoms with Crippen molar-refractivity contribution in [2.45, 2.75) is 13.8 Å². The lowest BCUT2D eigenvalue weighted by molar-refractivity contribution is 0.0952. The Bertz CT molecular complexity index is 970. The fourth-order valence-electron chi connectivity index (χ4n) is 2.80. The molecule has 25 heavy (non-hydrogen) atoms. The standard InChI is InChI=1S/C20H21N3O2/c1-13-9-17(14(2)23(13)3)12-21-22-20(24)18-10-15-7-5-6-8-16(15)11-19(18)25-4/h5-12H,1-4H3,(H,22,24)/b21-12-. The molecule has 1 aromatic heterocycles. The maximum Gasteiger partial charge on any atom is 0.275 e. The number of benzene rings is 2. The van der Waals surface area contributed by atoms with Crippen LogP contribution in [0.5, 0.6) is 5.75 Å². The fourth-order valence-corrected chi connectivity index (χ4v) is 2.80. The van der Waals surface area contributed by atoms with E-state index in [4.69, 9.17) is 4.74 Å². The topological polar surface area (TPSA) is 55.6 Å². The predicted octanol–water partition coefficient (Wildman–Crippen LogP) is 3.57. The number of aryl methyl sites for hydroxylation is 1. The smallest absolute Gasteiger partial charge is 0.275 e. The number of ether oxygens (including phenoxy) is 1. The highest BCUT2D eigenvalue weighted by molar-refractivity contribution is 6.02. The van der Waals surface area contributed by atoms with Gasteiger partial charge >= 0.3 is 0 Å². The Hall–Kier alpha value is -3.08. The van der Waals surface area contributed by atoms with Gasteiger partial charge in [-0.1, -0.05) is 24.3 Å². The molecule has 0 bridgehead atoms. The van der Waals surface area contributed by atoms with Crippen LogP contribution in [0.25, 0.3) is 10.8 Å². The molecule has 5 nitrogen and oxygen atoms in total. The second-order valence-corrected chi connectivity index (χ2v) is 5.98. The summed E-state index contributed by atoms with van der Waals surface area (Å²) in [5.41, 5.74) is 6.26. The van der Waals surface area contributed by atoms with Gasteiger partial charge in [0.2, 0.25) is 0 Å². The molecule has 2 aromatic carbocycles. The lowest BCUT2D eigenvalue weighted by atomic mass is 10.1. The van der Waals surface area contributed by atoms with E-state index in [1.165, 1.54) is 0 Å². The molecule has 0 saturated carbocycles. The van der Waals surface area contributed by atoms with E-state index in [1.807, 2.05) is 63.4 Å². The van der Waals surface area contributed by atoms with Gasteiger partial charge in [0, 0.05) is 24.0 Å². The van der Waals surface area contributed by atoms with Gasteiger partial charge in [0.1, 0.15) is 5.75 Å². The Balaban J connectivity index is 1.84. The van der Waals surface area contributed by atoms with Crippen molar-refractivity contribution in [1.82, 2.24) is 9.99 Å². The third-order valence-electron chi connectivity index (χ3n) is 4.50. The molecule has 0 aliphatic carbocycles. The van der Waals surface area contributed by atoms with Crippen LogP contribution in [0, 0.1) is 13.8 Å². The molecule has 0 saturated heterocycles. The number of nitrogens with zero attached hydrogens (tertiary/aromatic N) is 2. The van der Waals surface area contributed by atoms with Gasteiger partial charge in [-0.05, 0) is 42.8 Å². The zero-order valence-electron chi connectivity index (χ0n) is 14.8. The first-order valence-corrected chi connectivity index (χ1v) is 8.04. The predicted molar refractivity (Wildman–Crippen MR) is 100 cm³/mol. The van der Waals surface area contributed by atoms with Crippen LogP contribution >= 0.6 is 0 Å². The number of hydrogen-bond acceptors (Lipinski definition) is 3. The van der Waals surface area contributed by atoms with Crippen molar-refractivity contribution in [1.29, 1.82) is 0 Å². The number of amides is 1. The zero-order valence-corrected chi connectivity index (χ0v) is 14.8. The van der Waals surface area contributed by atoms with Crippen molar-refractivity contribution >= 4 is 22.9 Å². The third-order valence-corrected chi connectivity index (χ3v) is 4.50. The summed E-state index contributed by atoms with van der Waals surface area (Å²) in [4.78, 5) is 12.5. The number of hydrazone groups is 1. The Morgan fingerprint density at radius 1 is 1.16 bits per heavy atom. The van der Waals surface area contributed by atoms with Crippen LogP contribution in [-0.4, -0.2) is 23.8 Å². The number of carbonyl (C=O) groups excluding carboxylic acids is 1. The van der Waals surface area contributed by atoms with Gasteiger partial charge in [-0.3, -0.25) is 4.79 Å². The van der Waals surface area contributed by atoms with Gasteiger partial charge < -0.3 is 9.30 Å². The number of hydrogen-bond donors (Lipinski definition) is 1. The minimum atomic E-state index is -0.302. The average Bonchev–Trinajstić information content (AvgIpc) is 2.87. The van der Waals surface area contributed by atoms with Gasteiger partial charge in [-0.15, -0.1) is 0 Å². The molecular formula is C20H21N3O2. The molecule has 0 radical (unpaired) electrons. The van der Waals surface area contributed by atoms with Gasteiger partial charge in [-0.2, -0.15) is 5.10 Å². The summed E-state index contributed by atoms with van der Waals surface area (Å²) in [5, 5.41) is 6.10. The van der Waals surface area contributed by atoms with Crippen LogP contribution in [0.4, 0.5) is 0 Å². The summed E-state index contributed by atoms with van der Waals surface area (Å²) >= 11 is 0. The largest absolute Gasteiger partial charge is 0.496 e. The monoisotopic (exact) mass is 335 g/mol. The summed E-state index contributed by atoms with van der Waals surface area (Å²) < 4.78 is 7.44. The van der Waals surface area contributed by atoms with Crippen molar-refractivity contribution in [3.8, 4) is 5.75 Å². The quantitative estimate of drug-likeness (QED) is 0.585. The normalized spacial score (nSPS) is 11.2. The zero-order chi connectivity index (χ0) is 18.0. The number of carbonyl (C=O) groups is 1. The number of fused-ring (bicyclic) bond motifs is 1. The first kappa shape index (κ1) is 16.8. The van der Waals surface area contributed by atoms with Crippen LogP contribution in [0.3, 0.4) is 0 Å². The van der Waals surface area contributed by atoms with E-state index in [9.17, 15) is 4.79 Å². The molecule has 3 rings (SSSR count). The molecule has 0 atom stereocenters. The summed E-state index contributed by atoms with van der Waals surface area (Å²) in [6, 6.07) is 13.5. The van der Waals surface area contributed by atoms with E-state index in [0.29, 0.717) is 11.3 Å². The molecule has 0 aliphatic rings. The van der Waals surface area contributed by atoms with Crippen molar-refractivity contribution < 1.29 is 9.53 Å². The lowest BCUT2D eigenvalue weighted by Crippen LogP contribution is -2.18. The van der Waals surface area contributed by atoms with E-state index in [1.54, 1.807) is 13.3 Å². The molecule has 128 valence electrons. The van der Waals surface area contributed by atoms with Crippen molar-refractivity contribution in [3.63, 3.8) is 0 Å². The Morgan fingerprint density at radius 3 is 2.44 bits per heavy atom. The number of nitrogens with one attached hydrogen (secondary N) is 1. The molecule has 0 unspecified atom stereocenters. The first-order valence-electron chi connectivity index (χ1n) is 8.04. The maximum atomic E-state index is 12.5. The molecule has 0 aliphatic heterocycles. The fraction of sp³-hybridized carbons (Fsp3) is 0.200. The molecule has 3 aromatic rings. The molecule has 1 heterocycles. The lowest BCUT2D eigenvalue weighted by Gasteiger charge is -2.09. The average molecular weight is 335 g/mol. The first-order chi connectivity index (χ1) is 12.0. The van der Waals surface area contributed by atoms with E-state index >= 15 is 0 Å². The van der Waals surface area contributed by atoms with Crippen LogP contribution in [-0.2, 0) is 7.05 Å². The third kappa shape index (κ3) is 3.26. The van der Waals surface area contributed by atoms with Crippen LogP contribution in [0.2, 0.25) is 0 Å². The number of aromatic nitrogens is 1. The summed E-state index contributed by atoms with van der Waals surface area (Å²) in [6.45, 7) is 4.05. The minimum Gasteiger partial charge on any atom is -0.496 e. The van der Waals surface area contributed by atoms with Gasteiger partial charge in [-0.25, -0.2) is 5.43 Å². The second kappa shape index (κ2) is 6.81. The number of methoxy groups -OCH3 is 1. The summed E-state index contributed by atoms with van der Waals surface area (Å²) in [6.07, 6.45) is 1.66. The number of rotatable bonds is 4.